The van der Waals surface area contributed by atoms with Gasteiger partial charge in [-0.15, -0.1) is 0 Å². The molecule has 1 N–H and O–H groups in total. The van der Waals surface area contributed by atoms with Gasteiger partial charge >= 0.3 is 6.18 Å². The fourth-order valence-corrected chi connectivity index (χ4v) is 2.24. The van der Waals surface area contributed by atoms with E-state index in [4.69, 9.17) is 4.74 Å². The van der Waals surface area contributed by atoms with E-state index >= 15 is 0 Å². The fourth-order valence-electron chi connectivity index (χ4n) is 2.24. The van der Waals surface area contributed by atoms with Crippen LogP contribution < -0.4 is 5.32 Å². The molecule has 1 fully saturated rings. The maximum atomic E-state index is 11.9. The first-order valence-corrected chi connectivity index (χ1v) is 6.13. The lowest BCUT2D eigenvalue weighted by molar-refractivity contribution is -0.125. The molecule has 0 spiro atoms. The van der Waals surface area contributed by atoms with Gasteiger partial charge in [0.2, 0.25) is 0 Å². The smallest absolute Gasteiger partial charge is 0.372 e. The third-order valence-corrected chi connectivity index (χ3v) is 3.04. The summed E-state index contributed by atoms with van der Waals surface area (Å²) in [5.41, 5.74) is -0.0657. The van der Waals surface area contributed by atoms with Gasteiger partial charge in [-0.05, 0) is 45.6 Å². The van der Waals surface area contributed by atoms with Crippen LogP contribution in [0, 0.1) is 5.92 Å². The minimum atomic E-state index is -4.12. The molecule has 1 rings (SSSR count). The van der Waals surface area contributed by atoms with Crippen molar-refractivity contribution in [2.75, 3.05) is 13.1 Å². The lowest BCUT2D eigenvalue weighted by atomic mass is 10.00. The van der Waals surface area contributed by atoms with Gasteiger partial charge in [0.25, 0.3) is 0 Å². The summed E-state index contributed by atoms with van der Waals surface area (Å²) in [7, 11) is 0. The zero-order chi connectivity index (χ0) is 13.1. The van der Waals surface area contributed by atoms with Crippen LogP contribution in [-0.4, -0.2) is 31.0 Å². The van der Waals surface area contributed by atoms with E-state index in [-0.39, 0.29) is 17.6 Å². The van der Waals surface area contributed by atoms with Crippen molar-refractivity contribution in [2.24, 2.45) is 5.92 Å². The SMILES string of the molecule is CC(CNCC(F)(F)F)CC1CCC(C)(C)O1. The van der Waals surface area contributed by atoms with Crippen molar-refractivity contribution in [3.8, 4) is 0 Å². The molecule has 0 aromatic carbocycles. The Balaban J connectivity index is 2.16. The summed E-state index contributed by atoms with van der Waals surface area (Å²) in [6.45, 7) is 5.55. The molecule has 1 heterocycles. The molecule has 0 aromatic heterocycles. The molecule has 5 heteroatoms. The molecular formula is C12H22F3NO. The molecule has 0 amide bonds. The van der Waals surface area contributed by atoms with Crippen LogP contribution in [0.25, 0.3) is 0 Å². The first-order valence-electron chi connectivity index (χ1n) is 6.13. The van der Waals surface area contributed by atoms with Crippen molar-refractivity contribution >= 4 is 0 Å². The minimum Gasteiger partial charge on any atom is -0.372 e. The number of hydrogen-bond acceptors (Lipinski definition) is 2. The summed E-state index contributed by atoms with van der Waals surface area (Å²) in [4.78, 5) is 0. The van der Waals surface area contributed by atoms with E-state index in [9.17, 15) is 13.2 Å². The molecule has 0 radical (unpaired) electrons. The summed E-state index contributed by atoms with van der Waals surface area (Å²) < 4.78 is 41.6. The van der Waals surface area contributed by atoms with Gasteiger partial charge in [0.1, 0.15) is 0 Å². The zero-order valence-corrected chi connectivity index (χ0v) is 10.7. The molecule has 1 aliphatic rings. The van der Waals surface area contributed by atoms with Gasteiger partial charge in [-0.1, -0.05) is 6.92 Å². The molecule has 2 unspecified atom stereocenters. The van der Waals surface area contributed by atoms with Crippen molar-refractivity contribution in [3.05, 3.63) is 0 Å². The Bertz CT molecular complexity index is 240. The summed E-state index contributed by atoms with van der Waals surface area (Å²) in [6.07, 6.45) is -1.05. The van der Waals surface area contributed by atoms with E-state index in [1.165, 1.54) is 0 Å². The Kier molecular flexibility index (Phi) is 4.84. The van der Waals surface area contributed by atoms with Gasteiger partial charge in [-0.25, -0.2) is 0 Å². The molecule has 17 heavy (non-hydrogen) atoms. The fraction of sp³-hybridized carbons (Fsp3) is 1.00. The van der Waals surface area contributed by atoms with Gasteiger partial charge < -0.3 is 10.1 Å². The quantitative estimate of drug-likeness (QED) is 0.812. The van der Waals surface area contributed by atoms with Gasteiger partial charge in [0, 0.05) is 0 Å². The number of rotatable bonds is 5. The highest BCUT2D eigenvalue weighted by molar-refractivity contribution is 4.82. The van der Waals surface area contributed by atoms with Crippen LogP contribution in [0.5, 0.6) is 0 Å². The molecule has 0 saturated carbocycles. The summed E-state index contributed by atoms with van der Waals surface area (Å²) >= 11 is 0. The highest BCUT2D eigenvalue weighted by atomic mass is 19.4. The van der Waals surface area contributed by atoms with Crippen molar-refractivity contribution in [1.82, 2.24) is 5.32 Å². The molecule has 2 nitrogen and oxygen atoms in total. The second kappa shape index (κ2) is 5.57. The molecule has 2 atom stereocenters. The van der Waals surface area contributed by atoms with E-state index in [0.29, 0.717) is 6.54 Å². The largest absolute Gasteiger partial charge is 0.401 e. The van der Waals surface area contributed by atoms with Crippen molar-refractivity contribution in [3.63, 3.8) is 0 Å². The molecule has 1 saturated heterocycles. The molecule has 102 valence electrons. The van der Waals surface area contributed by atoms with Crippen LogP contribution in [0.3, 0.4) is 0 Å². The topological polar surface area (TPSA) is 21.3 Å². The lowest BCUT2D eigenvalue weighted by Gasteiger charge is -2.21. The highest BCUT2D eigenvalue weighted by Gasteiger charge is 2.32. The summed E-state index contributed by atoms with van der Waals surface area (Å²) in [6, 6.07) is 0. The zero-order valence-electron chi connectivity index (χ0n) is 10.7. The number of ether oxygens (including phenoxy) is 1. The van der Waals surface area contributed by atoms with Crippen LogP contribution in [0.15, 0.2) is 0 Å². The van der Waals surface area contributed by atoms with Crippen LogP contribution in [0.4, 0.5) is 13.2 Å². The standard InChI is InChI=1S/C12H22F3NO/c1-9(7-16-8-12(13,14)15)6-10-4-5-11(2,3)17-10/h9-10,16H,4-8H2,1-3H3. The van der Waals surface area contributed by atoms with E-state index in [1.807, 2.05) is 6.92 Å². The molecule has 0 aliphatic carbocycles. The van der Waals surface area contributed by atoms with Gasteiger partial charge in [0.05, 0.1) is 18.2 Å². The predicted molar refractivity (Wildman–Crippen MR) is 60.9 cm³/mol. The monoisotopic (exact) mass is 253 g/mol. The predicted octanol–water partition coefficient (Wildman–Crippen LogP) is 3.12. The second-order valence-corrected chi connectivity index (χ2v) is 5.63. The van der Waals surface area contributed by atoms with E-state index in [2.05, 4.69) is 19.2 Å². The maximum Gasteiger partial charge on any atom is 0.401 e. The highest BCUT2D eigenvalue weighted by Crippen LogP contribution is 2.32. The van der Waals surface area contributed by atoms with Gasteiger partial charge in [-0.2, -0.15) is 13.2 Å². The number of hydrogen-bond donors (Lipinski definition) is 1. The lowest BCUT2D eigenvalue weighted by Crippen LogP contribution is -2.33. The third kappa shape index (κ3) is 6.27. The second-order valence-electron chi connectivity index (χ2n) is 5.63. The normalized spacial score (nSPS) is 26.1. The Labute approximate surface area is 101 Å². The Morgan fingerprint density at radius 1 is 1.41 bits per heavy atom. The summed E-state index contributed by atoms with van der Waals surface area (Å²) in [5.74, 6) is 0.205. The van der Waals surface area contributed by atoms with E-state index in [1.54, 1.807) is 0 Å². The van der Waals surface area contributed by atoms with Crippen LogP contribution in [0.2, 0.25) is 0 Å². The Hall–Kier alpha value is -0.290. The molecule has 0 bridgehead atoms. The number of alkyl halides is 3. The number of halogens is 3. The maximum absolute atomic E-state index is 11.9. The average molecular weight is 253 g/mol. The summed E-state index contributed by atoms with van der Waals surface area (Å²) in [5, 5.41) is 2.44. The van der Waals surface area contributed by atoms with E-state index in [0.717, 1.165) is 19.3 Å². The van der Waals surface area contributed by atoms with Crippen LogP contribution in [0.1, 0.15) is 40.0 Å². The van der Waals surface area contributed by atoms with Crippen LogP contribution in [-0.2, 0) is 4.74 Å². The third-order valence-electron chi connectivity index (χ3n) is 3.04. The van der Waals surface area contributed by atoms with Gasteiger partial charge in [-0.3, -0.25) is 0 Å². The molecule has 1 aliphatic heterocycles. The average Bonchev–Trinajstić information content (AvgIpc) is 2.42. The van der Waals surface area contributed by atoms with E-state index < -0.39 is 12.7 Å². The van der Waals surface area contributed by atoms with Crippen molar-refractivity contribution in [2.45, 2.75) is 57.9 Å². The molecular weight excluding hydrogens is 231 g/mol. The van der Waals surface area contributed by atoms with Gasteiger partial charge in [0.15, 0.2) is 0 Å². The van der Waals surface area contributed by atoms with Crippen molar-refractivity contribution < 1.29 is 17.9 Å². The van der Waals surface area contributed by atoms with Crippen molar-refractivity contribution in [1.29, 1.82) is 0 Å². The Morgan fingerprint density at radius 3 is 2.53 bits per heavy atom. The van der Waals surface area contributed by atoms with Crippen LogP contribution >= 0.6 is 0 Å². The molecule has 0 aromatic rings. The first kappa shape index (κ1) is 14.8. The first-order chi connectivity index (χ1) is 7.68. The Morgan fingerprint density at radius 2 is 2.06 bits per heavy atom. The minimum absolute atomic E-state index is 0.0657. The number of nitrogens with one attached hydrogen (secondary N) is 1.